The molecule has 0 saturated carbocycles. The van der Waals surface area contributed by atoms with Gasteiger partial charge in [0.15, 0.2) is 0 Å². The molecule has 0 unspecified atom stereocenters. The van der Waals surface area contributed by atoms with Gasteiger partial charge in [-0.25, -0.2) is 8.42 Å². The summed E-state index contributed by atoms with van der Waals surface area (Å²) in [5.41, 5.74) is 3.18. The molecule has 2 N–H and O–H groups in total. The van der Waals surface area contributed by atoms with Crippen LogP contribution in [-0.4, -0.2) is 48.0 Å². The molecule has 9 heteroatoms. The monoisotopic (exact) mass is 517 g/mol. The first-order chi connectivity index (χ1) is 17.8. The van der Waals surface area contributed by atoms with Crippen LogP contribution in [-0.2, 0) is 26.2 Å². The SMILES string of the molecule is O=C(O)C1CCN(C(=O)Cn2ccc3cc(NS(=O)(=O)c4ccc(-c5ccccc5)cc4)ccc32)CC1. The van der Waals surface area contributed by atoms with Gasteiger partial charge in [-0.3, -0.25) is 14.3 Å². The standard InChI is InChI=1S/C28H27N3O5S/c32-27(30-15-12-22(13-16-30)28(33)34)19-31-17-14-23-18-24(8-11-26(23)31)29-37(35,36)25-9-6-21(7-10-25)20-4-2-1-3-5-20/h1-11,14,17-18,22,29H,12-13,15-16,19H2,(H,33,34). The Labute approximate surface area is 215 Å². The molecule has 1 amide bonds. The highest BCUT2D eigenvalue weighted by molar-refractivity contribution is 7.92. The van der Waals surface area contributed by atoms with E-state index in [1.54, 1.807) is 53.6 Å². The summed E-state index contributed by atoms with van der Waals surface area (Å²) in [6.07, 6.45) is 2.73. The Morgan fingerprint density at radius 3 is 2.24 bits per heavy atom. The number of carbonyl (C=O) groups excluding carboxylic acids is 1. The zero-order valence-corrected chi connectivity index (χ0v) is 20.9. The maximum Gasteiger partial charge on any atom is 0.306 e. The van der Waals surface area contributed by atoms with E-state index in [1.807, 2.05) is 41.0 Å². The number of likely N-dealkylation sites (tertiary alicyclic amines) is 1. The maximum atomic E-state index is 13.0. The van der Waals surface area contributed by atoms with Crippen molar-refractivity contribution in [2.75, 3.05) is 17.8 Å². The molecule has 190 valence electrons. The highest BCUT2D eigenvalue weighted by atomic mass is 32.2. The van der Waals surface area contributed by atoms with E-state index in [0.717, 1.165) is 22.0 Å². The van der Waals surface area contributed by atoms with Crippen LogP contribution in [0.3, 0.4) is 0 Å². The van der Waals surface area contributed by atoms with Crippen molar-refractivity contribution in [3.05, 3.63) is 85.1 Å². The van der Waals surface area contributed by atoms with Crippen LogP contribution in [0.25, 0.3) is 22.0 Å². The van der Waals surface area contributed by atoms with Crippen molar-refractivity contribution in [2.45, 2.75) is 24.3 Å². The van der Waals surface area contributed by atoms with E-state index in [-0.39, 0.29) is 23.3 Å². The summed E-state index contributed by atoms with van der Waals surface area (Å²) in [6, 6.07) is 23.5. The molecule has 37 heavy (non-hydrogen) atoms. The van der Waals surface area contributed by atoms with Crippen LogP contribution in [0, 0.1) is 5.92 Å². The summed E-state index contributed by atoms with van der Waals surface area (Å²) in [6.45, 7) is 1.01. The van der Waals surface area contributed by atoms with Crippen molar-refractivity contribution in [2.24, 2.45) is 5.92 Å². The number of hydrogen-bond acceptors (Lipinski definition) is 4. The molecule has 8 nitrogen and oxygen atoms in total. The van der Waals surface area contributed by atoms with Crippen LogP contribution < -0.4 is 4.72 Å². The summed E-state index contributed by atoms with van der Waals surface area (Å²) in [5.74, 6) is -1.26. The first-order valence-electron chi connectivity index (χ1n) is 12.1. The number of hydrogen-bond donors (Lipinski definition) is 2. The lowest BCUT2D eigenvalue weighted by Crippen LogP contribution is -2.41. The number of nitrogens with one attached hydrogen (secondary N) is 1. The fourth-order valence-electron chi connectivity index (χ4n) is 4.69. The van der Waals surface area contributed by atoms with Crippen molar-refractivity contribution in [1.82, 2.24) is 9.47 Å². The van der Waals surface area contributed by atoms with Crippen molar-refractivity contribution in [1.29, 1.82) is 0 Å². The van der Waals surface area contributed by atoms with Crippen molar-refractivity contribution in [3.63, 3.8) is 0 Å². The van der Waals surface area contributed by atoms with Gasteiger partial charge in [0.2, 0.25) is 5.91 Å². The van der Waals surface area contributed by atoms with Gasteiger partial charge in [0, 0.05) is 35.9 Å². The number of sulfonamides is 1. The molecule has 2 heterocycles. The highest BCUT2D eigenvalue weighted by Crippen LogP contribution is 2.25. The molecule has 4 aromatic rings. The number of fused-ring (bicyclic) bond motifs is 1. The van der Waals surface area contributed by atoms with Crippen LogP contribution in [0.4, 0.5) is 5.69 Å². The summed E-state index contributed by atoms with van der Waals surface area (Å²) >= 11 is 0. The van der Waals surface area contributed by atoms with Crippen LogP contribution in [0.15, 0.2) is 90.0 Å². The third-order valence-electron chi connectivity index (χ3n) is 6.80. The molecule has 0 radical (unpaired) electrons. The van der Waals surface area contributed by atoms with Gasteiger partial charge >= 0.3 is 5.97 Å². The van der Waals surface area contributed by atoms with Gasteiger partial charge in [-0.1, -0.05) is 42.5 Å². The molecule has 1 fully saturated rings. The molecule has 1 aromatic heterocycles. The Morgan fingerprint density at radius 1 is 0.892 bits per heavy atom. The molecule has 0 bridgehead atoms. The van der Waals surface area contributed by atoms with Gasteiger partial charge < -0.3 is 14.6 Å². The number of aromatic nitrogens is 1. The van der Waals surface area contributed by atoms with Gasteiger partial charge in [-0.05, 0) is 60.4 Å². The second kappa shape index (κ2) is 10.1. The molecule has 1 saturated heterocycles. The smallest absolute Gasteiger partial charge is 0.306 e. The predicted molar refractivity (Wildman–Crippen MR) is 142 cm³/mol. The average Bonchev–Trinajstić information content (AvgIpc) is 3.30. The minimum Gasteiger partial charge on any atom is -0.481 e. The molecular formula is C28H27N3O5S. The fourth-order valence-corrected chi connectivity index (χ4v) is 5.74. The van der Waals surface area contributed by atoms with Gasteiger partial charge in [0.1, 0.15) is 6.54 Å². The quantitative estimate of drug-likeness (QED) is 0.377. The zero-order chi connectivity index (χ0) is 26.0. The van der Waals surface area contributed by atoms with Crippen LogP contribution in [0.5, 0.6) is 0 Å². The third kappa shape index (κ3) is 5.36. The lowest BCUT2D eigenvalue weighted by Gasteiger charge is -2.30. The van der Waals surface area contributed by atoms with E-state index in [1.165, 1.54) is 0 Å². The van der Waals surface area contributed by atoms with E-state index in [4.69, 9.17) is 5.11 Å². The van der Waals surface area contributed by atoms with Gasteiger partial charge in [0.05, 0.1) is 10.8 Å². The van der Waals surface area contributed by atoms with Gasteiger partial charge in [-0.15, -0.1) is 0 Å². The van der Waals surface area contributed by atoms with Crippen molar-refractivity contribution in [3.8, 4) is 11.1 Å². The molecule has 1 aliphatic rings. The average molecular weight is 518 g/mol. The number of anilines is 1. The predicted octanol–water partition coefficient (Wildman–Crippen LogP) is 4.43. The Hall–Kier alpha value is -4.11. The fraction of sp³-hybridized carbons (Fsp3) is 0.214. The normalized spacial score (nSPS) is 14.5. The molecule has 3 aromatic carbocycles. The second-order valence-corrected chi connectivity index (χ2v) is 10.9. The Bertz CT molecular complexity index is 1540. The van der Waals surface area contributed by atoms with Crippen LogP contribution in [0.1, 0.15) is 12.8 Å². The number of carboxylic acid groups (broad SMARTS) is 1. The molecule has 0 aliphatic carbocycles. The lowest BCUT2D eigenvalue weighted by molar-refractivity contribution is -0.145. The molecule has 0 atom stereocenters. The minimum absolute atomic E-state index is 0.0648. The van der Waals surface area contributed by atoms with Gasteiger partial charge in [-0.2, -0.15) is 0 Å². The van der Waals surface area contributed by atoms with E-state index < -0.39 is 16.0 Å². The number of rotatable bonds is 7. The summed E-state index contributed by atoms with van der Waals surface area (Å²) < 4.78 is 30.4. The number of aliphatic carboxylic acids is 1. The first kappa shape index (κ1) is 24.6. The topological polar surface area (TPSA) is 109 Å². The van der Waals surface area contributed by atoms with Crippen LogP contribution >= 0.6 is 0 Å². The lowest BCUT2D eigenvalue weighted by atomic mass is 9.97. The van der Waals surface area contributed by atoms with E-state index in [9.17, 15) is 18.0 Å². The number of nitrogens with zero attached hydrogens (tertiary/aromatic N) is 2. The first-order valence-corrected chi connectivity index (χ1v) is 13.6. The number of benzene rings is 3. The van der Waals surface area contributed by atoms with E-state index in [2.05, 4.69) is 4.72 Å². The second-order valence-electron chi connectivity index (χ2n) is 9.21. The van der Waals surface area contributed by atoms with Crippen molar-refractivity contribution >= 4 is 38.5 Å². The number of carbonyl (C=O) groups is 2. The number of carboxylic acids is 1. The summed E-state index contributed by atoms with van der Waals surface area (Å²) in [5, 5.41) is 9.95. The molecule has 0 spiro atoms. The Balaban J connectivity index is 1.26. The maximum absolute atomic E-state index is 13.0. The molecule has 5 rings (SSSR count). The van der Waals surface area contributed by atoms with Crippen molar-refractivity contribution < 1.29 is 23.1 Å². The zero-order valence-electron chi connectivity index (χ0n) is 20.1. The largest absolute Gasteiger partial charge is 0.481 e. The molecule has 1 aliphatic heterocycles. The molecular weight excluding hydrogens is 490 g/mol. The Kier molecular flexibility index (Phi) is 6.71. The highest BCUT2D eigenvalue weighted by Gasteiger charge is 2.27. The third-order valence-corrected chi connectivity index (χ3v) is 8.19. The summed E-state index contributed by atoms with van der Waals surface area (Å²) in [4.78, 5) is 25.8. The number of amides is 1. The number of piperidine rings is 1. The van der Waals surface area contributed by atoms with Crippen LogP contribution in [0.2, 0.25) is 0 Å². The Morgan fingerprint density at radius 2 is 1.57 bits per heavy atom. The van der Waals surface area contributed by atoms with Gasteiger partial charge in [0.25, 0.3) is 10.0 Å². The summed E-state index contributed by atoms with van der Waals surface area (Å²) in [7, 11) is -3.78. The van der Waals surface area contributed by atoms with E-state index in [0.29, 0.717) is 31.6 Å². The van der Waals surface area contributed by atoms with E-state index >= 15 is 0 Å². The minimum atomic E-state index is -3.78.